The van der Waals surface area contributed by atoms with Crippen LogP contribution < -0.4 is 4.74 Å². The van der Waals surface area contributed by atoms with Crippen LogP contribution >= 0.6 is 0 Å². The second-order valence-corrected chi connectivity index (χ2v) is 7.50. The highest BCUT2D eigenvalue weighted by atomic mass is 16.7. The first-order chi connectivity index (χ1) is 12.5. The van der Waals surface area contributed by atoms with Gasteiger partial charge in [-0.25, -0.2) is 4.79 Å². The number of unbranched alkanes of at least 4 members (excludes halogenated alkanes) is 2. The Hall–Kier alpha value is -1.97. The van der Waals surface area contributed by atoms with Gasteiger partial charge in [-0.2, -0.15) is 0 Å². The van der Waals surface area contributed by atoms with Gasteiger partial charge in [-0.05, 0) is 50.7 Å². The number of rotatable bonds is 6. The van der Waals surface area contributed by atoms with Crippen molar-refractivity contribution < 1.29 is 19.4 Å². The van der Waals surface area contributed by atoms with Gasteiger partial charge in [0.2, 0.25) is 6.29 Å². The van der Waals surface area contributed by atoms with Crippen LogP contribution in [-0.4, -0.2) is 17.4 Å². The Morgan fingerprint density at radius 3 is 2.73 bits per heavy atom. The summed E-state index contributed by atoms with van der Waals surface area (Å²) in [4.78, 5) is 12.7. The highest BCUT2D eigenvalue weighted by Crippen LogP contribution is 2.46. The molecule has 1 aliphatic heterocycles. The van der Waals surface area contributed by atoms with Crippen molar-refractivity contribution in [3.8, 4) is 11.5 Å². The average Bonchev–Trinajstić information content (AvgIpc) is 2.61. The van der Waals surface area contributed by atoms with E-state index in [2.05, 4.69) is 19.9 Å². The van der Waals surface area contributed by atoms with Crippen LogP contribution in [0.1, 0.15) is 93.1 Å². The van der Waals surface area contributed by atoms with Gasteiger partial charge in [-0.1, -0.05) is 38.3 Å². The number of hydrogen-bond acceptors (Lipinski definition) is 4. The topological polar surface area (TPSA) is 55.8 Å². The normalized spacial score (nSPS) is 22.3. The first kappa shape index (κ1) is 18.8. The zero-order chi connectivity index (χ0) is 18.7. The number of carbonyl (C=O) groups is 1. The van der Waals surface area contributed by atoms with Crippen LogP contribution in [-0.2, 0) is 11.2 Å². The highest BCUT2D eigenvalue weighted by molar-refractivity contribution is 5.96. The predicted molar refractivity (Wildman–Crippen MR) is 102 cm³/mol. The largest absolute Gasteiger partial charge is 0.507 e. The lowest BCUT2D eigenvalue weighted by Crippen LogP contribution is -2.31. The molecule has 1 aliphatic carbocycles. The molecule has 0 saturated heterocycles. The fourth-order valence-corrected chi connectivity index (χ4v) is 4.02. The van der Waals surface area contributed by atoms with Crippen LogP contribution in [0, 0.1) is 0 Å². The highest BCUT2D eigenvalue weighted by Gasteiger charge is 2.35. The fraction of sp³-hybridized carbons (Fsp3) is 0.591. The van der Waals surface area contributed by atoms with Gasteiger partial charge in [0.25, 0.3) is 0 Å². The Balaban J connectivity index is 2.09. The molecule has 0 aromatic heterocycles. The van der Waals surface area contributed by atoms with Crippen LogP contribution in [0.4, 0.5) is 0 Å². The molecule has 1 heterocycles. The van der Waals surface area contributed by atoms with Crippen LogP contribution in [0.3, 0.4) is 0 Å². The fourth-order valence-electron chi connectivity index (χ4n) is 4.02. The molecule has 2 atom stereocenters. The summed E-state index contributed by atoms with van der Waals surface area (Å²) in [5.41, 5.74) is 3.45. The van der Waals surface area contributed by atoms with E-state index in [9.17, 15) is 9.90 Å². The number of aromatic hydroxyl groups is 1. The van der Waals surface area contributed by atoms with Crippen molar-refractivity contribution >= 4 is 5.97 Å². The Bertz CT molecular complexity index is 705. The number of carbonyl (C=O) groups excluding carboxylic acids is 1. The van der Waals surface area contributed by atoms with Crippen molar-refractivity contribution in [3.05, 3.63) is 34.4 Å². The van der Waals surface area contributed by atoms with E-state index in [0.717, 1.165) is 56.1 Å². The van der Waals surface area contributed by atoms with Gasteiger partial charge in [0, 0.05) is 17.9 Å². The number of phenols is 1. The van der Waals surface area contributed by atoms with Gasteiger partial charge >= 0.3 is 5.97 Å². The maximum atomic E-state index is 12.7. The molecule has 0 bridgehead atoms. The van der Waals surface area contributed by atoms with Crippen LogP contribution in [0.2, 0.25) is 0 Å². The summed E-state index contributed by atoms with van der Waals surface area (Å²) in [5, 5.41) is 10.8. The van der Waals surface area contributed by atoms with Gasteiger partial charge in [-0.15, -0.1) is 0 Å². The summed E-state index contributed by atoms with van der Waals surface area (Å²) in [6, 6.07) is 1.76. The molecule has 0 spiro atoms. The molecule has 4 heteroatoms. The number of cyclic esters (lactones) is 1. The lowest BCUT2D eigenvalue weighted by Gasteiger charge is -2.31. The van der Waals surface area contributed by atoms with E-state index >= 15 is 0 Å². The summed E-state index contributed by atoms with van der Waals surface area (Å²) in [7, 11) is 0. The van der Waals surface area contributed by atoms with E-state index in [1.54, 1.807) is 6.07 Å². The quantitative estimate of drug-likeness (QED) is 0.407. The number of ether oxygens (including phenoxy) is 2. The Morgan fingerprint density at radius 1 is 1.23 bits per heavy atom. The summed E-state index contributed by atoms with van der Waals surface area (Å²) >= 11 is 0. The Kier molecular flexibility index (Phi) is 5.90. The van der Waals surface area contributed by atoms with E-state index in [1.807, 2.05) is 6.92 Å². The molecule has 3 rings (SSSR count). The summed E-state index contributed by atoms with van der Waals surface area (Å²) < 4.78 is 11.5. The van der Waals surface area contributed by atoms with E-state index in [1.165, 1.54) is 5.57 Å². The molecular weight excluding hydrogens is 328 g/mol. The molecule has 4 nitrogen and oxygen atoms in total. The Morgan fingerprint density at radius 2 is 2.04 bits per heavy atom. The third-order valence-corrected chi connectivity index (χ3v) is 5.40. The molecule has 0 amide bonds. The molecule has 0 fully saturated rings. The number of fused-ring (bicyclic) bond motifs is 1. The van der Waals surface area contributed by atoms with Gasteiger partial charge in [-0.3, -0.25) is 0 Å². The minimum absolute atomic E-state index is 0.0885. The van der Waals surface area contributed by atoms with Gasteiger partial charge < -0.3 is 14.6 Å². The monoisotopic (exact) mass is 358 g/mol. The molecular formula is C22H30O4. The number of hydrogen-bond donors (Lipinski definition) is 1. The minimum atomic E-state index is -0.576. The third kappa shape index (κ3) is 3.74. The van der Waals surface area contributed by atoms with E-state index in [-0.39, 0.29) is 17.6 Å². The average molecular weight is 358 g/mol. The maximum Gasteiger partial charge on any atom is 0.345 e. The smallest absolute Gasteiger partial charge is 0.345 e. The third-order valence-electron chi connectivity index (χ3n) is 5.40. The molecule has 0 radical (unpaired) electrons. The number of esters is 1. The summed E-state index contributed by atoms with van der Waals surface area (Å²) in [6.45, 7) is 6.20. The molecule has 2 unspecified atom stereocenters. The standard InChI is InChI=1S/C22H30O4/c1-4-6-7-10-16-13-17(23)19(15-11-8-9-14(3)12-15)21-20(16)22(24)26-18(5-2)25-21/h12-13,15,18,23H,4-11H2,1-3H3. The number of aryl methyl sites for hydroxylation is 1. The predicted octanol–water partition coefficient (Wildman–Crippen LogP) is 5.62. The number of allylic oxidation sites excluding steroid dienone is 2. The molecule has 1 N–H and O–H groups in total. The van der Waals surface area contributed by atoms with Crippen molar-refractivity contribution in [2.45, 2.75) is 84.3 Å². The SMILES string of the molecule is CCCCCc1cc(O)c(C2C=C(C)CCC2)c2c1C(=O)OC(CC)O2. The second-order valence-electron chi connectivity index (χ2n) is 7.50. The zero-order valence-electron chi connectivity index (χ0n) is 16.1. The van der Waals surface area contributed by atoms with Crippen LogP contribution in [0.5, 0.6) is 11.5 Å². The Labute approximate surface area is 156 Å². The zero-order valence-corrected chi connectivity index (χ0v) is 16.1. The van der Waals surface area contributed by atoms with E-state index in [0.29, 0.717) is 17.7 Å². The molecule has 1 aromatic rings. The van der Waals surface area contributed by atoms with Crippen molar-refractivity contribution in [3.63, 3.8) is 0 Å². The molecule has 142 valence electrons. The van der Waals surface area contributed by atoms with Gasteiger partial charge in [0.1, 0.15) is 17.1 Å². The number of benzene rings is 1. The molecule has 0 saturated carbocycles. The molecule has 26 heavy (non-hydrogen) atoms. The summed E-state index contributed by atoms with van der Waals surface area (Å²) in [5.74, 6) is 0.569. The van der Waals surface area contributed by atoms with Crippen LogP contribution in [0.15, 0.2) is 17.7 Å². The lowest BCUT2D eigenvalue weighted by molar-refractivity contribution is -0.0620. The van der Waals surface area contributed by atoms with Gasteiger partial charge in [0.05, 0.1) is 0 Å². The second kappa shape index (κ2) is 8.15. The minimum Gasteiger partial charge on any atom is -0.507 e. The maximum absolute atomic E-state index is 12.7. The molecule has 1 aromatic carbocycles. The lowest BCUT2D eigenvalue weighted by atomic mass is 9.83. The van der Waals surface area contributed by atoms with Crippen molar-refractivity contribution in [2.24, 2.45) is 0 Å². The van der Waals surface area contributed by atoms with Crippen molar-refractivity contribution in [2.75, 3.05) is 0 Å². The summed E-state index contributed by atoms with van der Waals surface area (Å²) in [6.07, 6.45) is 9.29. The van der Waals surface area contributed by atoms with Crippen molar-refractivity contribution in [1.29, 1.82) is 0 Å². The van der Waals surface area contributed by atoms with Crippen molar-refractivity contribution in [1.82, 2.24) is 0 Å². The first-order valence-electron chi connectivity index (χ1n) is 9.98. The van der Waals surface area contributed by atoms with E-state index < -0.39 is 6.29 Å². The number of phenolic OH excluding ortho intramolecular Hbond substituents is 1. The molecule has 2 aliphatic rings. The van der Waals surface area contributed by atoms with Gasteiger partial charge in [0.15, 0.2) is 0 Å². The first-order valence-corrected chi connectivity index (χ1v) is 9.98. The van der Waals surface area contributed by atoms with E-state index in [4.69, 9.17) is 9.47 Å². The van der Waals surface area contributed by atoms with Crippen LogP contribution in [0.25, 0.3) is 0 Å².